The second kappa shape index (κ2) is 12.3. The maximum Gasteiger partial charge on any atom is 0.408 e. The van der Waals surface area contributed by atoms with Crippen LogP contribution in [0.15, 0.2) is 24.3 Å². The molecule has 0 aromatic heterocycles. The van der Waals surface area contributed by atoms with Gasteiger partial charge in [-0.2, -0.15) is 5.26 Å². The molecule has 1 aromatic rings. The maximum absolute atomic E-state index is 13.8. The predicted molar refractivity (Wildman–Crippen MR) is 135 cm³/mol. The molecule has 0 aliphatic heterocycles. The lowest BCUT2D eigenvalue weighted by Crippen LogP contribution is -2.55. The van der Waals surface area contributed by atoms with Gasteiger partial charge in [0.05, 0.1) is 6.07 Å². The summed E-state index contributed by atoms with van der Waals surface area (Å²) in [7, 11) is 0. The second-order valence-electron chi connectivity index (χ2n) is 10.9. The quantitative estimate of drug-likeness (QED) is 0.431. The lowest BCUT2D eigenvalue weighted by molar-refractivity contribution is -0.142. The predicted octanol–water partition coefficient (Wildman–Crippen LogP) is 3.92. The van der Waals surface area contributed by atoms with Gasteiger partial charge in [0.25, 0.3) is 0 Å². The summed E-state index contributed by atoms with van der Waals surface area (Å²) in [6.45, 7) is 14.1. The number of alkyl carbamates (subject to hydrolysis) is 1. The Morgan fingerprint density at radius 2 is 1.66 bits per heavy atom. The number of rotatable bonds is 8. The average molecular weight is 483 g/mol. The fourth-order valence-electron chi connectivity index (χ4n) is 3.39. The zero-order chi connectivity index (χ0) is 27.0. The highest BCUT2D eigenvalue weighted by Gasteiger charge is 2.37. The molecule has 2 atom stereocenters. The first-order valence-corrected chi connectivity index (χ1v) is 11.6. The number of hydrogen-bond acceptors (Lipinski definition) is 5. The number of carbonyl (C=O) groups excluding carboxylic acids is 3. The van der Waals surface area contributed by atoms with Crippen molar-refractivity contribution < 1.29 is 19.1 Å². The molecule has 1 rings (SSSR count). The summed E-state index contributed by atoms with van der Waals surface area (Å²) in [6.07, 6.45) is 5.01. The zero-order valence-electron chi connectivity index (χ0n) is 22.1. The topological polar surface area (TPSA) is 112 Å². The molecule has 2 N–H and O–H groups in total. The molecule has 0 fully saturated rings. The van der Waals surface area contributed by atoms with Crippen LogP contribution < -0.4 is 10.6 Å². The molecular formula is C27H38N4O4. The van der Waals surface area contributed by atoms with Crippen LogP contribution in [0.25, 0.3) is 0 Å². The Labute approximate surface area is 209 Å². The van der Waals surface area contributed by atoms with Crippen LogP contribution in [0.3, 0.4) is 0 Å². The highest BCUT2D eigenvalue weighted by molar-refractivity contribution is 5.92. The van der Waals surface area contributed by atoms with Crippen LogP contribution in [0.5, 0.6) is 0 Å². The largest absolute Gasteiger partial charge is 0.444 e. The summed E-state index contributed by atoms with van der Waals surface area (Å²) in [6, 6.07) is 6.56. The minimum Gasteiger partial charge on any atom is -0.444 e. The third kappa shape index (κ3) is 10.1. The molecule has 0 aliphatic carbocycles. The first-order valence-electron chi connectivity index (χ1n) is 11.6. The van der Waals surface area contributed by atoms with Gasteiger partial charge < -0.3 is 20.3 Å². The van der Waals surface area contributed by atoms with Crippen molar-refractivity contribution in [2.24, 2.45) is 5.92 Å². The highest BCUT2D eigenvalue weighted by atomic mass is 16.6. The Kier molecular flexibility index (Phi) is 10.3. The SMILES string of the molecule is C#Cc1ccc(C(C(=O)NC(C)(C)C)N(CC#N)C(=O)C(CC(C)C)NC(=O)OC(C)(C)C)cc1. The molecule has 0 radical (unpaired) electrons. The standard InChI is InChI=1S/C27H38N4O4/c1-10-19-11-13-20(14-12-19)22(23(32)30-26(4,5)6)31(16-15-28)24(33)21(17-18(2)3)29-25(34)35-27(7,8)9/h1,11-14,18,21-22H,16-17H2,2-9H3,(H,29,34)(H,30,32). The molecule has 0 aliphatic rings. The van der Waals surface area contributed by atoms with E-state index in [-0.39, 0.29) is 12.5 Å². The number of hydrogen-bond donors (Lipinski definition) is 2. The van der Waals surface area contributed by atoms with Crippen LogP contribution in [0.2, 0.25) is 0 Å². The van der Waals surface area contributed by atoms with Gasteiger partial charge in [0.2, 0.25) is 11.8 Å². The van der Waals surface area contributed by atoms with E-state index in [2.05, 4.69) is 16.6 Å². The minimum absolute atomic E-state index is 0.0413. The van der Waals surface area contributed by atoms with Crippen molar-refractivity contribution in [3.05, 3.63) is 35.4 Å². The van der Waals surface area contributed by atoms with Gasteiger partial charge in [-0.25, -0.2) is 4.79 Å². The van der Waals surface area contributed by atoms with Crippen molar-refractivity contribution in [2.75, 3.05) is 6.54 Å². The number of benzene rings is 1. The Morgan fingerprint density at radius 1 is 1.09 bits per heavy atom. The van der Waals surface area contributed by atoms with Gasteiger partial charge in [-0.15, -0.1) is 6.42 Å². The molecule has 1 aromatic carbocycles. The van der Waals surface area contributed by atoms with Crippen molar-refractivity contribution in [1.29, 1.82) is 5.26 Å². The average Bonchev–Trinajstić information content (AvgIpc) is 2.69. The Bertz CT molecular complexity index is 973. The number of carbonyl (C=O) groups is 3. The van der Waals surface area contributed by atoms with E-state index in [9.17, 15) is 19.6 Å². The van der Waals surface area contributed by atoms with Gasteiger partial charge in [0.1, 0.15) is 24.2 Å². The first kappa shape index (κ1) is 29.5. The van der Waals surface area contributed by atoms with Gasteiger partial charge in [0.15, 0.2) is 0 Å². The first-order chi connectivity index (χ1) is 16.1. The lowest BCUT2D eigenvalue weighted by Gasteiger charge is -2.35. The van der Waals surface area contributed by atoms with Gasteiger partial charge in [-0.05, 0) is 71.6 Å². The van der Waals surface area contributed by atoms with Gasteiger partial charge in [-0.1, -0.05) is 31.9 Å². The third-order valence-electron chi connectivity index (χ3n) is 4.67. The molecule has 190 valence electrons. The molecule has 0 spiro atoms. The van der Waals surface area contributed by atoms with Crippen LogP contribution in [-0.4, -0.2) is 46.5 Å². The molecular weight excluding hydrogens is 444 g/mol. The molecule has 0 saturated carbocycles. The summed E-state index contributed by atoms with van der Waals surface area (Å²) >= 11 is 0. The van der Waals surface area contributed by atoms with E-state index >= 15 is 0 Å². The van der Waals surface area contributed by atoms with Crippen molar-refractivity contribution in [1.82, 2.24) is 15.5 Å². The summed E-state index contributed by atoms with van der Waals surface area (Å²) < 4.78 is 5.34. The van der Waals surface area contributed by atoms with Crippen LogP contribution >= 0.6 is 0 Å². The van der Waals surface area contributed by atoms with E-state index in [1.54, 1.807) is 45.0 Å². The monoisotopic (exact) mass is 482 g/mol. The van der Waals surface area contributed by atoms with Crippen LogP contribution in [0.1, 0.15) is 79.0 Å². The van der Waals surface area contributed by atoms with Crippen molar-refractivity contribution in [3.8, 4) is 18.4 Å². The Balaban J connectivity index is 3.49. The van der Waals surface area contributed by atoms with Crippen LogP contribution in [0.4, 0.5) is 4.79 Å². The fourth-order valence-corrected chi connectivity index (χ4v) is 3.39. The van der Waals surface area contributed by atoms with Gasteiger partial charge in [0, 0.05) is 11.1 Å². The Morgan fingerprint density at radius 3 is 2.09 bits per heavy atom. The van der Waals surface area contributed by atoms with Crippen LogP contribution in [0, 0.1) is 29.6 Å². The number of nitrogens with zero attached hydrogens (tertiary/aromatic N) is 2. The van der Waals surface area contributed by atoms with Crippen LogP contribution in [-0.2, 0) is 14.3 Å². The molecule has 8 heteroatoms. The molecule has 0 heterocycles. The van der Waals surface area contributed by atoms with E-state index in [0.29, 0.717) is 17.5 Å². The van der Waals surface area contributed by atoms with Gasteiger partial charge in [-0.3, -0.25) is 9.59 Å². The summed E-state index contributed by atoms with van der Waals surface area (Å²) in [4.78, 5) is 40.9. The number of nitrogens with one attached hydrogen (secondary N) is 2. The van der Waals surface area contributed by atoms with Crippen molar-refractivity contribution >= 4 is 17.9 Å². The van der Waals surface area contributed by atoms with E-state index in [4.69, 9.17) is 11.2 Å². The normalized spacial score (nSPS) is 13.1. The summed E-state index contributed by atoms with van der Waals surface area (Å²) in [5.74, 6) is 1.56. The van der Waals surface area contributed by atoms with E-state index < -0.39 is 41.1 Å². The second-order valence-corrected chi connectivity index (χ2v) is 10.9. The fraction of sp³-hybridized carbons (Fsp3) is 0.556. The number of ether oxygens (including phenoxy) is 1. The molecule has 35 heavy (non-hydrogen) atoms. The summed E-state index contributed by atoms with van der Waals surface area (Å²) in [5, 5.41) is 15.1. The zero-order valence-corrected chi connectivity index (χ0v) is 22.1. The minimum atomic E-state index is -1.11. The van der Waals surface area contributed by atoms with Gasteiger partial charge >= 0.3 is 6.09 Å². The molecule has 0 saturated heterocycles. The molecule has 3 amide bonds. The molecule has 8 nitrogen and oxygen atoms in total. The smallest absolute Gasteiger partial charge is 0.408 e. The molecule has 2 unspecified atom stereocenters. The summed E-state index contributed by atoms with van der Waals surface area (Å²) in [5.41, 5.74) is -0.224. The third-order valence-corrected chi connectivity index (χ3v) is 4.67. The molecule has 0 bridgehead atoms. The Hall–Kier alpha value is -3.52. The maximum atomic E-state index is 13.8. The van der Waals surface area contributed by atoms with Crippen molar-refractivity contribution in [2.45, 2.75) is 85.0 Å². The highest BCUT2D eigenvalue weighted by Crippen LogP contribution is 2.25. The number of terminal acetylenes is 1. The van der Waals surface area contributed by atoms with E-state index in [1.807, 2.05) is 40.7 Å². The van der Waals surface area contributed by atoms with E-state index in [1.165, 1.54) is 4.90 Å². The van der Waals surface area contributed by atoms with Crippen molar-refractivity contribution in [3.63, 3.8) is 0 Å². The number of amides is 3. The lowest BCUT2D eigenvalue weighted by atomic mass is 9.97. The van der Waals surface area contributed by atoms with E-state index in [0.717, 1.165) is 0 Å². The number of nitriles is 1.